The van der Waals surface area contributed by atoms with E-state index in [9.17, 15) is 4.79 Å². The lowest BCUT2D eigenvalue weighted by Crippen LogP contribution is -2.06. The second kappa shape index (κ2) is 4.96. The van der Waals surface area contributed by atoms with E-state index in [4.69, 9.17) is 0 Å². The Morgan fingerprint density at radius 3 is 2.00 bits per heavy atom. The van der Waals surface area contributed by atoms with E-state index in [2.05, 4.69) is 15.4 Å². The van der Waals surface area contributed by atoms with Crippen molar-refractivity contribution in [3.8, 4) is 0 Å². The van der Waals surface area contributed by atoms with Gasteiger partial charge in [0.2, 0.25) is 6.41 Å². The van der Waals surface area contributed by atoms with Crippen LogP contribution in [0.5, 0.6) is 0 Å². The Morgan fingerprint density at radius 1 is 1.21 bits per heavy atom. The molecule has 0 aliphatic heterocycles. The molecule has 0 saturated heterocycles. The Hall–Kier alpha value is -1.91. The van der Waals surface area contributed by atoms with Crippen molar-refractivity contribution >= 4 is 17.4 Å². The van der Waals surface area contributed by atoms with E-state index in [0.717, 1.165) is 17.4 Å². The van der Waals surface area contributed by atoms with E-state index >= 15 is 0 Å². The van der Waals surface area contributed by atoms with Crippen LogP contribution in [0.15, 0.2) is 24.3 Å². The molecular weight excluding hydrogens is 180 g/mol. The van der Waals surface area contributed by atoms with Gasteiger partial charge in [-0.3, -0.25) is 4.79 Å². The third-order valence-corrected chi connectivity index (χ3v) is 1.43. The van der Waals surface area contributed by atoms with Crippen LogP contribution < -0.4 is 0 Å². The van der Waals surface area contributed by atoms with Crippen LogP contribution in [0.1, 0.15) is 0 Å². The number of fused-ring (bicyclic) bond motifs is 1. The van der Waals surface area contributed by atoms with Crippen molar-refractivity contribution in [2.75, 3.05) is 14.1 Å². The van der Waals surface area contributed by atoms with Crippen LogP contribution in [-0.4, -0.2) is 40.8 Å². The number of H-pyrrole nitrogens is 1. The summed E-state index contributed by atoms with van der Waals surface area (Å²) in [6.45, 7) is 0. The number of rotatable bonds is 1. The second-order valence-corrected chi connectivity index (χ2v) is 2.88. The molecule has 2 aromatic rings. The van der Waals surface area contributed by atoms with Crippen LogP contribution in [0.2, 0.25) is 0 Å². The van der Waals surface area contributed by atoms with E-state index in [0.29, 0.717) is 0 Å². The summed E-state index contributed by atoms with van der Waals surface area (Å²) >= 11 is 0. The number of carbonyl (C=O) groups is 1. The first-order chi connectivity index (χ1) is 6.74. The summed E-state index contributed by atoms with van der Waals surface area (Å²) in [4.78, 5) is 10.9. The zero-order valence-corrected chi connectivity index (χ0v) is 8.14. The lowest BCUT2D eigenvalue weighted by molar-refractivity contribution is -0.115. The van der Waals surface area contributed by atoms with Gasteiger partial charge >= 0.3 is 0 Å². The highest BCUT2D eigenvalue weighted by Crippen LogP contribution is 2.03. The summed E-state index contributed by atoms with van der Waals surface area (Å²) in [6, 6.07) is 7.70. The molecule has 1 aromatic heterocycles. The third kappa shape index (κ3) is 2.85. The summed E-state index contributed by atoms with van der Waals surface area (Å²) in [5, 5.41) is 10.3. The molecule has 0 aliphatic carbocycles. The van der Waals surface area contributed by atoms with Gasteiger partial charge in [-0.15, -0.1) is 0 Å². The molecule has 1 aromatic carbocycles. The lowest BCUT2D eigenvalue weighted by atomic mass is 10.3. The molecule has 5 nitrogen and oxygen atoms in total. The average molecular weight is 192 g/mol. The fourth-order valence-corrected chi connectivity index (χ4v) is 0.786. The van der Waals surface area contributed by atoms with Crippen LogP contribution in [0.4, 0.5) is 0 Å². The van der Waals surface area contributed by atoms with Gasteiger partial charge in [0, 0.05) is 14.1 Å². The number of benzene rings is 1. The van der Waals surface area contributed by atoms with Crippen molar-refractivity contribution in [1.82, 2.24) is 20.3 Å². The molecule has 0 unspecified atom stereocenters. The van der Waals surface area contributed by atoms with Crippen molar-refractivity contribution < 1.29 is 4.79 Å². The molecule has 14 heavy (non-hydrogen) atoms. The minimum atomic E-state index is 0.750. The lowest BCUT2D eigenvalue weighted by Gasteiger charge is -1.93. The summed E-state index contributed by atoms with van der Waals surface area (Å²) in [7, 11) is 3.38. The Kier molecular flexibility index (Phi) is 3.60. The van der Waals surface area contributed by atoms with Gasteiger partial charge in [-0.1, -0.05) is 12.1 Å². The van der Waals surface area contributed by atoms with Crippen LogP contribution >= 0.6 is 0 Å². The van der Waals surface area contributed by atoms with E-state index in [-0.39, 0.29) is 0 Å². The number of hydrogen-bond acceptors (Lipinski definition) is 3. The molecule has 1 heterocycles. The van der Waals surface area contributed by atoms with Crippen LogP contribution in [-0.2, 0) is 4.79 Å². The number of aromatic amines is 1. The fraction of sp³-hybridized carbons (Fsp3) is 0.222. The van der Waals surface area contributed by atoms with E-state index in [1.54, 1.807) is 14.1 Å². The Labute approximate surface area is 81.7 Å². The van der Waals surface area contributed by atoms with E-state index in [1.807, 2.05) is 24.3 Å². The van der Waals surface area contributed by atoms with Crippen LogP contribution in [0.3, 0.4) is 0 Å². The Morgan fingerprint density at radius 2 is 1.64 bits per heavy atom. The zero-order valence-electron chi connectivity index (χ0n) is 8.14. The smallest absolute Gasteiger partial charge is 0.209 e. The normalized spacial score (nSPS) is 9.00. The van der Waals surface area contributed by atoms with E-state index in [1.165, 1.54) is 4.90 Å². The summed E-state index contributed by atoms with van der Waals surface area (Å²) < 4.78 is 0. The SMILES string of the molecule is CN(C)C=O.c1ccc2n[nH]nc2c1. The van der Waals surface area contributed by atoms with E-state index < -0.39 is 0 Å². The molecular formula is C9H12N4O. The molecule has 0 fully saturated rings. The largest absolute Gasteiger partial charge is 0.351 e. The Bertz CT molecular complexity index is 366. The predicted octanol–water partition coefficient (Wildman–Crippen LogP) is 0.662. The van der Waals surface area contributed by atoms with Crippen molar-refractivity contribution in [2.45, 2.75) is 0 Å². The first-order valence-corrected chi connectivity index (χ1v) is 4.11. The molecule has 0 atom stereocenters. The van der Waals surface area contributed by atoms with Crippen molar-refractivity contribution in [3.05, 3.63) is 24.3 Å². The zero-order chi connectivity index (χ0) is 10.4. The molecule has 5 heteroatoms. The number of para-hydroxylation sites is 2. The number of nitrogens with zero attached hydrogens (tertiary/aromatic N) is 3. The molecule has 0 bridgehead atoms. The molecule has 1 amide bonds. The molecule has 0 spiro atoms. The monoisotopic (exact) mass is 192 g/mol. The van der Waals surface area contributed by atoms with Crippen molar-refractivity contribution in [3.63, 3.8) is 0 Å². The fourth-order valence-electron chi connectivity index (χ4n) is 0.786. The van der Waals surface area contributed by atoms with Gasteiger partial charge in [0.1, 0.15) is 11.0 Å². The maximum Gasteiger partial charge on any atom is 0.209 e. The molecule has 0 saturated carbocycles. The highest BCUT2D eigenvalue weighted by Gasteiger charge is 1.90. The topological polar surface area (TPSA) is 61.9 Å². The first-order valence-electron chi connectivity index (χ1n) is 4.11. The van der Waals surface area contributed by atoms with Gasteiger partial charge in [-0.05, 0) is 12.1 Å². The van der Waals surface area contributed by atoms with Gasteiger partial charge < -0.3 is 4.90 Å². The Balaban J connectivity index is 0.000000171. The number of amides is 1. The number of aromatic nitrogens is 3. The summed E-state index contributed by atoms with van der Waals surface area (Å²) in [6.07, 6.45) is 0.750. The maximum absolute atomic E-state index is 9.43. The van der Waals surface area contributed by atoms with Gasteiger partial charge in [0.25, 0.3) is 0 Å². The van der Waals surface area contributed by atoms with Gasteiger partial charge in [0.05, 0.1) is 0 Å². The molecule has 2 rings (SSSR count). The molecule has 0 radical (unpaired) electrons. The summed E-state index contributed by atoms with van der Waals surface area (Å²) in [5.41, 5.74) is 1.83. The number of nitrogens with one attached hydrogen (secondary N) is 1. The standard InChI is InChI=1S/C6H5N3.C3H7NO/c1-2-4-6-5(3-1)7-9-8-6;1-4(2)3-5/h1-4H,(H,7,8,9);3H,1-2H3. The van der Waals surface area contributed by atoms with Crippen LogP contribution in [0, 0.1) is 0 Å². The second-order valence-electron chi connectivity index (χ2n) is 2.88. The minimum absolute atomic E-state index is 0.750. The highest BCUT2D eigenvalue weighted by molar-refractivity contribution is 5.72. The average Bonchev–Trinajstić information content (AvgIpc) is 2.66. The van der Waals surface area contributed by atoms with Crippen LogP contribution in [0.25, 0.3) is 11.0 Å². The number of carbonyl (C=O) groups excluding carboxylic acids is 1. The number of hydrogen-bond donors (Lipinski definition) is 1. The molecule has 74 valence electrons. The highest BCUT2D eigenvalue weighted by atomic mass is 16.1. The van der Waals surface area contributed by atoms with Crippen molar-refractivity contribution in [2.24, 2.45) is 0 Å². The quantitative estimate of drug-likeness (QED) is 0.675. The van der Waals surface area contributed by atoms with Gasteiger partial charge in [-0.2, -0.15) is 15.4 Å². The first kappa shape index (κ1) is 10.2. The predicted molar refractivity (Wildman–Crippen MR) is 53.6 cm³/mol. The maximum atomic E-state index is 9.43. The molecule has 0 aliphatic rings. The van der Waals surface area contributed by atoms with Gasteiger partial charge in [0.15, 0.2) is 0 Å². The third-order valence-electron chi connectivity index (χ3n) is 1.43. The minimum Gasteiger partial charge on any atom is -0.351 e. The van der Waals surface area contributed by atoms with Crippen molar-refractivity contribution in [1.29, 1.82) is 0 Å². The van der Waals surface area contributed by atoms with Gasteiger partial charge in [-0.25, -0.2) is 0 Å². The molecule has 1 N–H and O–H groups in total. The summed E-state index contributed by atoms with van der Waals surface area (Å²) in [5.74, 6) is 0.